The van der Waals surface area contributed by atoms with Crippen LogP contribution in [0.2, 0.25) is 0 Å². The van der Waals surface area contributed by atoms with Crippen molar-refractivity contribution in [1.82, 2.24) is 0 Å². The van der Waals surface area contributed by atoms with E-state index in [-0.39, 0.29) is 18.1 Å². The Kier molecular flexibility index (Phi) is 4.64. The fourth-order valence-electron chi connectivity index (χ4n) is 1.24. The molecule has 1 rings (SSSR count). The van der Waals surface area contributed by atoms with Gasteiger partial charge in [0.05, 0.1) is 12.5 Å². The van der Waals surface area contributed by atoms with Crippen molar-refractivity contribution in [2.24, 2.45) is 0 Å². The molecule has 4 heteroatoms. The minimum Gasteiger partial charge on any atom is -0.326 e. The van der Waals surface area contributed by atoms with Crippen LogP contribution >= 0.6 is 0 Å². The molecule has 1 amide bonds. The van der Waals surface area contributed by atoms with Crippen molar-refractivity contribution in [3.63, 3.8) is 0 Å². The molecule has 0 saturated carbocycles. The van der Waals surface area contributed by atoms with Gasteiger partial charge in [-0.3, -0.25) is 9.59 Å². The van der Waals surface area contributed by atoms with Gasteiger partial charge in [0, 0.05) is 11.8 Å². The van der Waals surface area contributed by atoms with Crippen LogP contribution in [0.1, 0.15) is 18.9 Å². The molecule has 0 aliphatic carbocycles. The van der Waals surface area contributed by atoms with Gasteiger partial charge in [0.15, 0.2) is 0 Å². The van der Waals surface area contributed by atoms with Gasteiger partial charge in [-0.1, -0.05) is 12.1 Å². The molecule has 0 aromatic heterocycles. The summed E-state index contributed by atoms with van der Waals surface area (Å²) >= 11 is 0. The number of rotatable bonds is 4. The fourth-order valence-corrected chi connectivity index (χ4v) is 1.24. The Labute approximate surface area is 99.6 Å². The van der Waals surface area contributed by atoms with E-state index in [0.29, 0.717) is 5.69 Å². The molecule has 0 unspecified atom stereocenters. The predicted octanol–water partition coefficient (Wildman–Crippen LogP) is 2.14. The van der Waals surface area contributed by atoms with E-state index in [1.54, 1.807) is 30.3 Å². The first-order valence-corrected chi connectivity index (χ1v) is 5.07. The van der Waals surface area contributed by atoms with Crippen LogP contribution in [-0.2, 0) is 9.59 Å². The molecule has 0 aliphatic heterocycles. The lowest BCUT2D eigenvalue weighted by molar-refractivity contribution is -0.124. The highest BCUT2D eigenvalue weighted by molar-refractivity contribution is 6.03. The van der Waals surface area contributed by atoms with Crippen molar-refractivity contribution in [1.29, 1.82) is 5.26 Å². The zero-order valence-corrected chi connectivity index (χ0v) is 9.43. The van der Waals surface area contributed by atoms with Crippen molar-refractivity contribution in [2.45, 2.75) is 13.3 Å². The first kappa shape index (κ1) is 12.7. The Morgan fingerprint density at radius 1 is 1.35 bits per heavy atom. The molecule has 0 spiro atoms. The average Bonchev–Trinajstić information content (AvgIpc) is 2.27. The summed E-state index contributed by atoms with van der Waals surface area (Å²) in [6.07, 6.45) is 2.93. The molecular formula is C13H12N2O2. The van der Waals surface area contributed by atoms with Gasteiger partial charge >= 0.3 is 0 Å². The Balaban J connectivity index is 2.63. The summed E-state index contributed by atoms with van der Waals surface area (Å²) in [6, 6.07) is 8.88. The maximum Gasteiger partial charge on any atom is 0.231 e. The third-order valence-electron chi connectivity index (χ3n) is 1.95. The van der Waals surface area contributed by atoms with Crippen LogP contribution < -0.4 is 5.32 Å². The minimum atomic E-state index is -0.321. The quantitative estimate of drug-likeness (QED) is 0.634. The molecule has 0 saturated heterocycles. The third-order valence-corrected chi connectivity index (χ3v) is 1.95. The Hall–Kier alpha value is -2.41. The lowest BCUT2D eigenvalue weighted by Gasteiger charge is -2.03. The monoisotopic (exact) mass is 228 g/mol. The van der Waals surface area contributed by atoms with Crippen molar-refractivity contribution < 1.29 is 9.59 Å². The Bertz CT molecular complexity index is 481. The van der Waals surface area contributed by atoms with Crippen LogP contribution in [0.3, 0.4) is 0 Å². The lowest BCUT2D eigenvalue weighted by atomic mass is 10.2. The highest BCUT2D eigenvalue weighted by Crippen LogP contribution is 2.11. The number of ketones is 1. The molecule has 17 heavy (non-hydrogen) atoms. The number of hydrogen-bond acceptors (Lipinski definition) is 3. The van der Waals surface area contributed by atoms with Crippen molar-refractivity contribution in [2.75, 3.05) is 5.32 Å². The first-order chi connectivity index (χ1) is 8.11. The number of carbonyl (C=O) groups is 2. The zero-order chi connectivity index (χ0) is 12.7. The Morgan fingerprint density at radius 3 is 2.53 bits per heavy atom. The highest BCUT2D eigenvalue weighted by atomic mass is 16.2. The molecule has 0 bridgehead atoms. The van der Waals surface area contributed by atoms with E-state index in [1.807, 2.05) is 6.07 Å². The van der Waals surface area contributed by atoms with Gasteiger partial charge in [-0.15, -0.1) is 0 Å². The molecule has 86 valence electrons. The number of nitrogens with zero attached hydrogens (tertiary/aromatic N) is 1. The molecule has 0 heterocycles. The predicted molar refractivity (Wildman–Crippen MR) is 65.0 cm³/mol. The van der Waals surface area contributed by atoms with Crippen LogP contribution in [-0.4, -0.2) is 11.7 Å². The fraction of sp³-hybridized carbons (Fsp3) is 0.154. The molecule has 0 aliphatic rings. The number of nitriles is 1. The largest absolute Gasteiger partial charge is 0.326 e. The number of amides is 1. The number of allylic oxidation sites excluding steroid dienone is 1. The van der Waals surface area contributed by atoms with Gasteiger partial charge in [0.1, 0.15) is 5.78 Å². The average molecular weight is 228 g/mol. The second kappa shape index (κ2) is 6.23. The van der Waals surface area contributed by atoms with Gasteiger partial charge in [0.2, 0.25) is 5.91 Å². The number of hydrogen-bond donors (Lipinski definition) is 1. The molecular weight excluding hydrogens is 216 g/mol. The summed E-state index contributed by atoms with van der Waals surface area (Å²) in [7, 11) is 0. The summed E-state index contributed by atoms with van der Waals surface area (Å²) in [5.74, 6) is -0.492. The zero-order valence-electron chi connectivity index (χ0n) is 9.43. The van der Waals surface area contributed by atoms with E-state index in [1.165, 1.54) is 13.0 Å². The number of Topliss-reactive ketones (excluding diaryl/α,β-unsaturated/α-hetero) is 1. The molecule has 1 aromatic carbocycles. The van der Waals surface area contributed by atoms with Crippen molar-refractivity contribution in [3.05, 3.63) is 35.9 Å². The van der Waals surface area contributed by atoms with Gasteiger partial charge < -0.3 is 5.32 Å². The Morgan fingerprint density at radius 2 is 2.00 bits per heavy atom. The molecule has 0 atom stereocenters. The standard InChI is InChI=1S/C13H12N2O2/c1-10(16)9-13(17)15-12-6-4-11(5-7-12)3-2-8-14/h2-7H,9H2,1H3,(H,15,17). The number of nitrogens with one attached hydrogen (secondary N) is 1. The summed E-state index contributed by atoms with van der Waals surface area (Å²) in [5.41, 5.74) is 1.50. The third kappa shape index (κ3) is 4.76. The van der Waals surface area contributed by atoms with Gasteiger partial charge in [-0.2, -0.15) is 5.26 Å². The highest BCUT2D eigenvalue weighted by Gasteiger charge is 2.04. The maximum atomic E-state index is 11.3. The van der Waals surface area contributed by atoms with Crippen molar-refractivity contribution >= 4 is 23.5 Å². The van der Waals surface area contributed by atoms with E-state index in [4.69, 9.17) is 5.26 Å². The summed E-state index contributed by atoms with van der Waals surface area (Å²) in [4.78, 5) is 22.0. The van der Waals surface area contributed by atoms with Gasteiger partial charge in [-0.05, 0) is 30.7 Å². The number of carbonyl (C=O) groups excluding carboxylic acids is 2. The lowest BCUT2D eigenvalue weighted by Crippen LogP contribution is -2.14. The molecule has 0 radical (unpaired) electrons. The van der Waals surface area contributed by atoms with Crippen LogP contribution in [0.15, 0.2) is 30.3 Å². The van der Waals surface area contributed by atoms with E-state index in [9.17, 15) is 9.59 Å². The van der Waals surface area contributed by atoms with Crippen LogP contribution in [0.25, 0.3) is 6.08 Å². The minimum absolute atomic E-state index is 0.115. The normalized spacial score (nSPS) is 9.88. The summed E-state index contributed by atoms with van der Waals surface area (Å²) in [6.45, 7) is 1.37. The van der Waals surface area contributed by atoms with Crippen LogP contribution in [0.5, 0.6) is 0 Å². The van der Waals surface area contributed by atoms with E-state index >= 15 is 0 Å². The number of anilines is 1. The maximum absolute atomic E-state index is 11.3. The van der Waals surface area contributed by atoms with Crippen molar-refractivity contribution in [3.8, 4) is 6.07 Å². The summed E-state index contributed by atoms with van der Waals surface area (Å²) in [5, 5.41) is 11.0. The molecule has 1 N–H and O–H groups in total. The number of benzene rings is 1. The van der Waals surface area contributed by atoms with Crippen LogP contribution in [0, 0.1) is 11.3 Å². The molecule has 0 fully saturated rings. The second-order valence-corrected chi connectivity index (χ2v) is 3.51. The van der Waals surface area contributed by atoms with Gasteiger partial charge in [-0.25, -0.2) is 0 Å². The van der Waals surface area contributed by atoms with Crippen LogP contribution in [0.4, 0.5) is 5.69 Å². The first-order valence-electron chi connectivity index (χ1n) is 5.07. The van der Waals surface area contributed by atoms with E-state index in [0.717, 1.165) is 5.56 Å². The topological polar surface area (TPSA) is 70.0 Å². The molecule has 1 aromatic rings. The van der Waals surface area contributed by atoms with Gasteiger partial charge in [0.25, 0.3) is 0 Å². The summed E-state index contributed by atoms with van der Waals surface area (Å²) < 4.78 is 0. The SMILES string of the molecule is CC(=O)CC(=O)Nc1ccc(C=CC#N)cc1. The smallest absolute Gasteiger partial charge is 0.231 e. The second-order valence-electron chi connectivity index (χ2n) is 3.51. The van der Waals surface area contributed by atoms with E-state index < -0.39 is 0 Å². The van der Waals surface area contributed by atoms with E-state index in [2.05, 4.69) is 5.32 Å². The molecule has 4 nitrogen and oxygen atoms in total.